The van der Waals surface area contributed by atoms with E-state index in [2.05, 4.69) is 56.9 Å². The van der Waals surface area contributed by atoms with E-state index in [4.69, 9.17) is 77.2 Å². The Kier molecular flexibility index (Phi) is 29.9. The van der Waals surface area contributed by atoms with Gasteiger partial charge in [-0.1, -0.05) is 26.0 Å². The van der Waals surface area contributed by atoms with Gasteiger partial charge in [0.05, 0.1) is 26.4 Å². The first-order chi connectivity index (χ1) is 47.3. The molecule has 0 aliphatic carbocycles. The van der Waals surface area contributed by atoms with Gasteiger partial charge in [0, 0.05) is 24.0 Å². The van der Waals surface area contributed by atoms with Crippen molar-refractivity contribution in [1.82, 2.24) is 34.8 Å². The summed E-state index contributed by atoms with van der Waals surface area (Å²) in [4.78, 5) is 113. The summed E-state index contributed by atoms with van der Waals surface area (Å²) in [5.74, 6) is -1.72. The molecular formula is C48H69N14O34P4-. The Hall–Kier alpha value is -6.10. The van der Waals surface area contributed by atoms with E-state index >= 15 is 0 Å². The van der Waals surface area contributed by atoms with Crippen molar-refractivity contribution in [2.75, 3.05) is 64.3 Å². The van der Waals surface area contributed by atoms with Crippen LogP contribution in [0.3, 0.4) is 0 Å². The van der Waals surface area contributed by atoms with Gasteiger partial charge < -0.3 is 152 Å². The van der Waals surface area contributed by atoms with Gasteiger partial charge in [-0.15, -0.1) is 0 Å². The van der Waals surface area contributed by atoms with Crippen molar-refractivity contribution in [2.45, 2.75) is 111 Å². The number of aliphatic hydroxyl groups excluding tert-OH is 13. The molecule has 5 aliphatic rings. The highest BCUT2D eigenvalue weighted by Gasteiger charge is 2.51. The number of hydrogen-bond donors (Lipinski definition) is 19. The summed E-state index contributed by atoms with van der Waals surface area (Å²) in [6, 6.07) is 2.86. The van der Waals surface area contributed by atoms with Crippen LogP contribution in [0.4, 0.5) is 11.6 Å². The number of phosphoric acid groups is 2. The largest absolute Gasteiger partial charge is 0.783 e. The maximum atomic E-state index is 12.2. The number of nitrogens with two attached hydrogens (primary N) is 4. The lowest BCUT2D eigenvalue weighted by molar-refractivity contribution is -0.765. The van der Waals surface area contributed by atoms with Crippen LogP contribution in [0.1, 0.15) is 35.5 Å². The minimum atomic E-state index is -5.35. The van der Waals surface area contributed by atoms with Gasteiger partial charge in [0.15, 0.2) is 54.2 Å². The smallest absolute Gasteiger partial charge is 0.295 e. The summed E-state index contributed by atoms with van der Waals surface area (Å²) in [6.07, 6.45) is -10.9. The number of fused-ring (bicyclic) bond motifs is 2. The molecule has 5 aliphatic heterocycles. The molecule has 0 saturated carbocycles. The Morgan fingerprint density at radius 1 is 0.650 bits per heavy atom. The van der Waals surface area contributed by atoms with Crippen molar-refractivity contribution in [3.8, 4) is 0 Å². The number of pyridine rings is 1. The Labute approximate surface area is 562 Å². The summed E-state index contributed by atoms with van der Waals surface area (Å²) in [6.45, 7) is -4.83. The fourth-order valence-electron chi connectivity index (χ4n) is 9.27. The maximum Gasteiger partial charge on any atom is 0.295 e. The standard InChI is InChI=1S/C21H28N7O14P2.C21H27N7O14P2.C3H8O3.C3H6O3/c2*22-17-12-19(25-7-24-12)28(8-26-17)21-16(32)13(29)10(40-21)5-37-41-43(34)42-44(35,36)38-6-11-14(30)15(31)20(39-11)27-3-1-2-9(4-27)18(23)33;2*4-1-3(6)2-5/h1,3-4,7-8,10-11,13-16,20-21,29-32H,2,5-6H2,(H5,22,23,24,25,33,35,36);1-4,7-8,10-11,13-16,20-21,29-32H,5-6H2,(H5,22,23,24,25,33,35,36);3-6H,1-2H2;4-5H,1-2H2/q-1;;;. The number of ether oxygens (including phenoxy) is 4. The molecule has 100 heavy (non-hydrogen) atoms. The highest BCUT2D eigenvalue weighted by atomic mass is 31.3. The van der Waals surface area contributed by atoms with E-state index in [0.717, 1.165) is 0 Å². The third kappa shape index (κ3) is 21.1. The van der Waals surface area contributed by atoms with E-state index in [1.54, 1.807) is 6.08 Å². The van der Waals surface area contributed by atoms with Crippen molar-refractivity contribution < 1.29 is 179 Å². The van der Waals surface area contributed by atoms with Crippen molar-refractivity contribution >= 4 is 84.4 Å². The molecule has 20 atom stereocenters. The Balaban J connectivity index is 0.000000241. The number of carbonyl (C=O) groups is 3. The number of hydrogen-bond acceptors (Lipinski definition) is 41. The highest BCUT2D eigenvalue weighted by molar-refractivity contribution is 7.57. The molecule has 10 heterocycles. The third-order valence-electron chi connectivity index (χ3n) is 14.3. The van der Waals surface area contributed by atoms with E-state index in [1.807, 2.05) is 0 Å². The number of ketones is 1. The molecule has 556 valence electrons. The number of nitrogen functional groups attached to an aromatic ring is 2. The fourth-order valence-corrected chi connectivity index (χ4v) is 12.1. The Morgan fingerprint density at radius 3 is 1.52 bits per heavy atom. The van der Waals surface area contributed by atoms with Crippen molar-refractivity contribution in [3.63, 3.8) is 0 Å². The Bertz CT molecular complexity index is 3680. The van der Waals surface area contributed by atoms with E-state index in [1.165, 1.54) is 80.8 Å². The first-order valence-corrected chi connectivity index (χ1v) is 33.7. The third-order valence-corrected chi connectivity index (χ3v) is 18.4. The molecule has 48 nitrogen and oxygen atoms in total. The normalized spacial score (nSPS) is 29.0. The molecule has 20 unspecified atom stereocenters. The van der Waals surface area contributed by atoms with Crippen LogP contribution in [0.5, 0.6) is 0 Å². The molecule has 10 rings (SSSR count). The molecule has 0 aromatic carbocycles. The van der Waals surface area contributed by atoms with Gasteiger partial charge in [-0.3, -0.25) is 32.1 Å². The number of rotatable bonds is 28. The molecule has 5 aromatic heterocycles. The van der Waals surface area contributed by atoms with Crippen LogP contribution >= 0.6 is 32.9 Å². The predicted molar refractivity (Wildman–Crippen MR) is 310 cm³/mol. The number of aliphatic hydroxyl groups is 13. The van der Waals surface area contributed by atoms with E-state index in [9.17, 15) is 83.9 Å². The molecule has 0 spiro atoms. The number of carbonyl (C=O) groups excluding carboxylic acids is 3. The molecule has 23 N–H and O–H groups in total. The highest BCUT2D eigenvalue weighted by Crippen LogP contribution is 2.52. The number of aromatic nitrogens is 9. The second-order valence-corrected chi connectivity index (χ2v) is 25.9. The number of Topliss-reactive ketones (excluding diaryl/α,β-unsaturated/α-hetero) is 1. The van der Waals surface area contributed by atoms with Crippen LogP contribution in [0, 0.1) is 0 Å². The number of nitrogens with zero attached hydrogens (tertiary/aromatic N) is 8. The molecular weight excluding hydrogens is 1440 g/mol. The number of anilines is 2. The lowest BCUT2D eigenvalue weighted by Crippen LogP contribution is -2.47. The number of allylic oxidation sites excluding steroid dienone is 1. The lowest BCUT2D eigenvalue weighted by atomic mass is 10.1. The molecule has 0 bridgehead atoms. The quantitative estimate of drug-likeness (QED) is 0.00957. The number of phosphoric ester groups is 2. The van der Waals surface area contributed by atoms with Gasteiger partial charge >= 0.3 is 0 Å². The number of aromatic amines is 2. The number of imidazole rings is 2. The number of primary amides is 2. The SMILES string of the molecule is NC(=O)C1=CN(C2OC(COP(=O)([O-])OP([O-])OOCC3OC([n+]4cnc(N)c5[nH]cnc54)C(O)C3O)C(O)C2O)C=CC1.NC(=O)c1ccc[n+](C2OC(COP(=O)([O-])OP([O-])OOCC3OC([n+]4cnc(N)c5[nH]cnc54)C(O)C3O)C(O)C2O)c1.O=C(CO)CO.OCC(O)CO. The average Bonchev–Trinajstić information content (AvgIpc) is 1.63. The topological polar surface area (TPSA) is 753 Å². The number of H-pyrrole nitrogens is 2. The van der Waals surface area contributed by atoms with Crippen LogP contribution in [-0.4, -0.2) is 257 Å². The van der Waals surface area contributed by atoms with E-state index < -0.39 is 194 Å². The van der Waals surface area contributed by atoms with Crippen molar-refractivity contribution in [3.05, 3.63) is 79.4 Å². The van der Waals surface area contributed by atoms with Crippen LogP contribution in [0.2, 0.25) is 0 Å². The van der Waals surface area contributed by atoms with Crippen LogP contribution < -0.4 is 56.2 Å². The van der Waals surface area contributed by atoms with Gasteiger partial charge in [0.2, 0.25) is 42.7 Å². The number of amides is 2. The predicted octanol–water partition coefficient (Wildman–Crippen LogP) is -12.4. The van der Waals surface area contributed by atoms with Gasteiger partial charge in [0.1, 0.15) is 122 Å². The number of nitrogens with one attached hydrogen (secondary N) is 2. The summed E-state index contributed by atoms with van der Waals surface area (Å²) in [5, 5.41) is 123. The van der Waals surface area contributed by atoms with Crippen LogP contribution in [-0.2, 0) is 74.5 Å². The van der Waals surface area contributed by atoms with E-state index in [0.29, 0.717) is 11.0 Å². The monoisotopic (exact) mass is 1510 g/mol. The van der Waals surface area contributed by atoms with E-state index in [-0.39, 0.29) is 53.7 Å². The first kappa shape index (κ1) is 81.2. The summed E-state index contributed by atoms with van der Waals surface area (Å²) in [5.41, 5.74) is 23.6. The Morgan fingerprint density at radius 2 is 1.09 bits per heavy atom. The minimum absolute atomic E-state index is 0.0828. The molecule has 52 heteroatoms. The second-order valence-electron chi connectivity index (χ2n) is 21.1. The summed E-state index contributed by atoms with van der Waals surface area (Å²) < 4.78 is 77.0. The fraction of sp³-hybridized carbons (Fsp3) is 0.542. The van der Waals surface area contributed by atoms with Gasteiger partial charge in [-0.05, 0) is 12.5 Å². The zero-order valence-corrected chi connectivity index (χ0v) is 54.7. The van der Waals surface area contributed by atoms with Gasteiger partial charge in [-0.25, -0.2) is 28.3 Å². The second kappa shape index (κ2) is 36.9. The molecule has 0 radical (unpaired) electrons. The van der Waals surface area contributed by atoms with Crippen molar-refractivity contribution in [1.29, 1.82) is 0 Å². The molecule has 2 amide bonds. The van der Waals surface area contributed by atoms with Crippen LogP contribution in [0.15, 0.2) is 73.9 Å². The maximum absolute atomic E-state index is 12.2. The zero-order valence-electron chi connectivity index (χ0n) is 51.1. The average molecular weight is 1510 g/mol. The van der Waals surface area contributed by atoms with Gasteiger partial charge in [0.25, 0.3) is 39.1 Å². The molecule has 5 aromatic rings. The first-order valence-electron chi connectivity index (χ1n) is 28.6. The summed E-state index contributed by atoms with van der Waals surface area (Å²) in [7, 11) is -17.7. The van der Waals surface area contributed by atoms with Gasteiger partial charge in [-0.2, -0.15) is 4.57 Å². The zero-order chi connectivity index (χ0) is 73.5. The lowest BCUT2D eigenvalue weighted by Gasteiger charge is -2.30. The minimum Gasteiger partial charge on any atom is -0.783 e. The van der Waals surface area contributed by atoms with Crippen molar-refractivity contribution in [2.24, 2.45) is 11.5 Å². The molecule has 4 saturated heterocycles. The molecule has 4 fully saturated rings. The van der Waals surface area contributed by atoms with Crippen LogP contribution in [0.25, 0.3) is 22.3 Å². The summed E-state index contributed by atoms with van der Waals surface area (Å²) >= 11 is 0.